The lowest BCUT2D eigenvalue weighted by Crippen LogP contribution is -2.55. The largest absolute Gasteiger partial charge is 0.353 e. The first kappa shape index (κ1) is 22.3. The van der Waals surface area contributed by atoms with Crippen molar-refractivity contribution in [2.45, 2.75) is 53.0 Å². The minimum absolute atomic E-state index is 0.00310. The van der Waals surface area contributed by atoms with Crippen LogP contribution < -0.4 is 10.2 Å². The van der Waals surface area contributed by atoms with E-state index in [1.807, 2.05) is 44.7 Å². The first-order valence-electron chi connectivity index (χ1n) is 10.6. The van der Waals surface area contributed by atoms with Crippen LogP contribution in [0.15, 0.2) is 24.3 Å². The van der Waals surface area contributed by atoms with Gasteiger partial charge in [0.1, 0.15) is 11.6 Å². The molecule has 6 nitrogen and oxygen atoms in total. The third kappa shape index (κ3) is 5.63. The molecule has 3 rings (SSSR count). The molecule has 0 radical (unpaired) electrons. The molecule has 0 spiro atoms. The summed E-state index contributed by atoms with van der Waals surface area (Å²) in [5, 5.41) is 3.79. The molecule has 0 aliphatic carbocycles. The summed E-state index contributed by atoms with van der Waals surface area (Å²) in [6, 6.07) is 7.95. The average Bonchev–Trinajstić information content (AvgIpc) is 2.69. The predicted octanol–water partition coefficient (Wildman–Crippen LogP) is 4.22. The topological polar surface area (TPSA) is 61.4 Å². The standard InChI is InChI=1S/C23H32ClN5O/c1-6-20-19(15-17-7-9-18(24)10-8-17)21(26-16(2)25-20)28-11-13-29(14-12-28)22(30)27-23(3,4)5/h7-10H,6,11-15H2,1-5H3,(H,27,30). The van der Waals surface area contributed by atoms with Gasteiger partial charge < -0.3 is 15.1 Å². The van der Waals surface area contributed by atoms with E-state index >= 15 is 0 Å². The number of hydrogen-bond donors (Lipinski definition) is 1. The highest BCUT2D eigenvalue weighted by Crippen LogP contribution is 2.26. The van der Waals surface area contributed by atoms with Crippen LogP contribution in [0.4, 0.5) is 10.6 Å². The van der Waals surface area contributed by atoms with E-state index in [9.17, 15) is 4.79 Å². The molecular formula is C23H32ClN5O. The third-order valence-corrected chi connectivity index (χ3v) is 5.41. The summed E-state index contributed by atoms with van der Waals surface area (Å²) < 4.78 is 0. The average molecular weight is 430 g/mol. The first-order valence-corrected chi connectivity index (χ1v) is 11.0. The van der Waals surface area contributed by atoms with Crippen LogP contribution in [0.3, 0.4) is 0 Å². The number of carbonyl (C=O) groups is 1. The Balaban J connectivity index is 1.81. The molecule has 1 N–H and O–H groups in total. The molecule has 30 heavy (non-hydrogen) atoms. The molecular weight excluding hydrogens is 398 g/mol. The van der Waals surface area contributed by atoms with E-state index in [2.05, 4.69) is 29.3 Å². The number of hydrogen-bond acceptors (Lipinski definition) is 4. The molecule has 1 fully saturated rings. The Kier molecular flexibility index (Phi) is 6.86. The number of carbonyl (C=O) groups excluding carboxylic acids is 1. The van der Waals surface area contributed by atoms with Crippen LogP contribution in [-0.4, -0.2) is 52.6 Å². The minimum Gasteiger partial charge on any atom is -0.353 e. The van der Waals surface area contributed by atoms with Gasteiger partial charge in [-0.3, -0.25) is 0 Å². The van der Waals surface area contributed by atoms with Gasteiger partial charge in [0.15, 0.2) is 0 Å². The highest BCUT2D eigenvalue weighted by molar-refractivity contribution is 6.30. The van der Waals surface area contributed by atoms with Gasteiger partial charge in [0.05, 0.1) is 0 Å². The van der Waals surface area contributed by atoms with Crippen LogP contribution in [0.25, 0.3) is 0 Å². The van der Waals surface area contributed by atoms with E-state index < -0.39 is 0 Å². The first-order chi connectivity index (χ1) is 14.2. The van der Waals surface area contributed by atoms with Gasteiger partial charge in [-0.1, -0.05) is 30.7 Å². The lowest BCUT2D eigenvalue weighted by Gasteiger charge is -2.37. The normalized spacial score (nSPS) is 14.7. The molecule has 2 heterocycles. The van der Waals surface area contributed by atoms with Crippen molar-refractivity contribution in [3.63, 3.8) is 0 Å². The number of benzene rings is 1. The Morgan fingerprint density at radius 3 is 2.30 bits per heavy atom. The molecule has 0 saturated carbocycles. The molecule has 2 amide bonds. The summed E-state index contributed by atoms with van der Waals surface area (Å²) in [6.45, 7) is 12.9. The molecule has 7 heteroatoms. The maximum atomic E-state index is 12.5. The van der Waals surface area contributed by atoms with E-state index in [0.29, 0.717) is 13.1 Å². The highest BCUT2D eigenvalue weighted by Gasteiger charge is 2.26. The van der Waals surface area contributed by atoms with Crippen LogP contribution in [0.2, 0.25) is 5.02 Å². The lowest BCUT2D eigenvalue weighted by atomic mass is 10.0. The zero-order valence-electron chi connectivity index (χ0n) is 18.6. The molecule has 162 valence electrons. The van der Waals surface area contributed by atoms with Crippen LogP contribution in [0.1, 0.15) is 50.3 Å². The summed E-state index contributed by atoms with van der Waals surface area (Å²) in [7, 11) is 0. The number of rotatable bonds is 4. The molecule has 2 aromatic rings. The van der Waals surface area contributed by atoms with Gasteiger partial charge in [-0.05, 0) is 51.8 Å². The predicted molar refractivity (Wildman–Crippen MR) is 122 cm³/mol. The number of anilines is 1. The zero-order valence-corrected chi connectivity index (χ0v) is 19.4. The molecule has 1 aliphatic heterocycles. The van der Waals surface area contributed by atoms with Crippen LogP contribution in [-0.2, 0) is 12.8 Å². The summed E-state index contributed by atoms with van der Waals surface area (Å²) in [4.78, 5) is 26.2. The smallest absolute Gasteiger partial charge is 0.317 e. The van der Waals surface area contributed by atoms with Crippen molar-refractivity contribution in [1.82, 2.24) is 20.2 Å². The molecule has 0 bridgehead atoms. The second-order valence-electron chi connectivity index (χ2n) is 8.83. The minimum atomic E-state index is -0.236. The fourth-order valence-electron chi connectivity index (χ4n) is 3.70. The zero-order chi connectivity index (χ0) is 21.9. The molecule has 1 aromatic carbocycles. The quantitative estimate of drug-likeness (QED) is 0.790. The van der Waals surface area contributed by atoms with Crippen LogP contribution >= 0.6 is 11.6 Å². The van der Waals surface area contributed by atoms with E-state index in [0.717, 1.165) is 53.9 Å². The molecule has 1 aromatic heterocycles. The van der Waals surface area contributed by atoms with Gasteiger partial charge in [0.25, 0.3) is 0 Å². The second kappa shape index (κ2) is 9.21. The van der Waals surface area contributed by atoms with Gasteiger partial charge in [-0.2, -0.15) is 0 Å². The summed E-state index contributed by atoms with van der Waals surface area (Å²) in [5.74, 6) is 1.78. The van der Waals surface area contributed by atoms with Crippen molar-refractivity contribution in [2.75, 3.05) is 31.1 Å². The van der Waals surface area contributed by atoms with Crippen LogP contribution in [0.5, 0.6) is 0 Å². The van der Waals surface area contributed by atoms with Crippen LogP contribution in [0, 0.1) is 6.92 Å². The van der Waals surface area contributed by atoms with E-state index in [4.69, 9.17) is 21.6 Å². The Labute approximate surface area is 184 Å². The number of nitrogens with one attached hydrogen (secondary N) is 1. The number of aryl methyl sites for hydroxylation is 2. The SMILES string of the molecule is CCc1nc(C)nc(N2CCN(C(=O)NC(C)(C)C)CC2)c1Cc1ccc(Cl)cc1. The number of urea groups is 1. The van der Waals surface area contributed by atoms with Crippen molar-refractivity contribution in [2.24, 2.45) is 0 Å². The van der Waals surface area contributed by atoms with Crippen molar-refractivity contribution >= 4 is 23.4 Å². The summed E-state index contributed by atoms with van der Waals surface area (Å²) in [5.41, 5.74) is 3.20. The maximum absolute atomic E-state index is 12.5. The number of piperazine rings is 1. The monoisotopic (exact) mass is 429 g/mol. The number of aromatic nitrogens is 2. The van der Waals surface area contributed by atoms with Gasteiger partial charge in [-0.25, -0.2) is 14.8 Å². The van der Waals surface area contributed by atoms with Crippen molar-refractivity contribution < 1.29 is 4.79 Å². The van der Waals surface area contributed by atoms with Crippen molar-refractivity contribution in [3.8, 4) is 0 Å². The molecule has 1 saturated heterocycles. The maximum Gasteiger partial charge on any atom is 0.317 e. The Bertz CT molecular complexity index is 884. The van der Waals surface area contributed by atoms with Crippen molar-refractivity contribution in [1.29, 1.82) is 0 Å². The van der Waals surface area contributed by atoms with Gasteiger partial charge >= 0.3 is 6.03 Å². The van der Waals surface area contributed by atoms with E-state index in [-0.39, 0.29) is 11.6 Å². The third-order valence-electron chi connectivity index (χ3n) is 5.16. The fraction of sp³-hybridized carbons (Fsp3) is 0.522. The molecule has 1 aliphatic rings. The van der Waals surface area contributed by atoms with Crippen molar-refractivity contribution in [3.05, 3.63) is 51.9 Å². The highest BCUT2D eigenvalue weighted by atomic mass is 35.5. The summed E-state index contributed by atoms with van der Waals surface area (Å²) in [6.07, 6.45) is 1.62. The van der Waals surface area contributed by atoms with E-state index in [1.54, 1.807) is 0 Å². The van der Waals surface area contributed by atoms with Gasteiger partial charge in [0.2, 0.25) is 0 Å². The second-order valence-corrected chi connectivity index (χ2v) is 9.27. The Morgan fingerprint density at radius 2 is 1.73 bits per heavy atom. The van der Waals surface area contributed by atoms with E-state index in [1.165, 1.54) is 5.56 Å². The molecule has 0 unspecified atom stereocenters. The number of amides is 2. The van der Waals surface area contributed by atoms with Gasteiger partial charge in [0, 0.05) is 54.4 Å². The summed E-state index contributed by atoms with van der Waals surface area (Å²) >= 11 is 6.06. The fourth-order valence-corrected chi connectivity index (χ4v) is 3.83. The Morgan fingerprint density at radius 1 is 1.10 bits per heavy atom. The molecule has 0 atom stereocenters. The Hall–Kier alpha value is -2.34. The number of nitrogens with zero attached hydrogens (tertiary/aromatic N) is 4. The van der Waals surface area contributed by atoms with Gasteiger partial charge in [-0.15, -0.1) is 0 Å². The lowest BCUT2D eigenvalue weighted by molar-refractivity contribution is 0.185. The number of halogens is 1.